The standard InChI is InChI=1S/C25H24FN5O3/c1-15-22(28-24(32)19-13-21(34-4)27-20-8-6-5-7-18(19)20)23(25(33)30(2)3)29-31(15)14-16-9-11-17(26)12-10-16/h5-13H,14H2,1-4H3,(H,28,32). The number of nitrogens with one attached hydrogen (secondary N) is 1. The molecule has 2 amide bonds. The molecule has 0 aliphatic rings. The monoisotopic (exact) mass is 461 g/mol. The first kappa shape index (κ1) is 22.9. The van der Waals surface area contributed by atoms with Crippen molar-refractivity contribution in [1.82, 2.24) is 19.7 Å². The van der Waals surface area contributed by atoms with E-state index < -0.39 is 5.91 Å². The van der Waals surface area contributed by atoms with Gasteiger partial charge in [-0.15, -0.1) is 0 Å². The quantitative estimate of drug-likeness (QED) is 0.471. The van der Waals surface area contributed by atoms with E-state index in [0.717, 1.165) is 5.56 Å². The van der Waals surface area contributed by atoms with Crippen molar-refractivity contribution in [2.75, 3.05) is 26.5 Å². The molecule has 174 valence electrons. The van der Waals surface area contributed by atoms with Crippen LogP contribution >= 0.6 is 0 Å². The van der Waals surface area contributed by atoms with E-state index in [1.807, 2.05) is 12.1 Å². The van der Waals surface area contributed by atoms with Crippen molar-refractivity contribution in [3.05, 3.63) is 82.9 Å². The molecule has 2 heterocycles. The number of fused-ring (bicyclic) bond motifs is 1. The molecule has 1 N–H and O–H groups in total. The molecule has 0 radical (unpaired) electrons. The Morgan fingerprint density at radius 2 is 1.82 bits per heavy atom. The van der Waals surface area contributed by atoms with Gasteiger partial charge in [-0.2, -0.15) is 5.10 Å². The number of rotatable bonds is 6. The second kappa shape index (κ2) is 9.30. The smallest absolute Gasteiger partial charge is 0.276 e. The summed E-state index contributed by atoms with van der Waals surface area (Å²) in [5.74, 6) is -0.808. The predicted molar refractivity (Wildman–Crippen MR) is 127 cm³/mol. The van der Waals surface area contributed by atoms with E-state index in [9.17, 15) is 14.0 Å². The van der Waals surface area contributed by atoms with Crippen molar-refractivity contribution < 1.29 is 18.7 Å². The Bertz CT molecular complexity index is 1380. The number of ether oxygens (including phenoxy) is 1. The highest BCUT2D eigenvalue weighted by molar-refractivity contribution is 6.14. The molecule has 0 saturated carbocycles. The van der Waals surface area contributed by atoms with Crippen LogP contribution in [0.5, 0.6) is 5.88 Å². The number of anilines is 1. The Kier molecular flexibility index (Phi) is 6.27. The summed E-state index contributed by atoms with van der Waals surface area (Å²) in [7, 11) is 4.71. The molecule has 0 unspecified atom stereocenters. The maximum atomic E-state index is 13.4. The first-order valence-corrected chi connectivity index (χ1v) is 10.6. The van der Waals surface area contributed by atoms with Gasteiger partial charge in [0.15, 0.2) is 5.69 Å². The Labute approximate surface area is 196 Å². The minimum Gasteiger partial charge on any atom is -0.481 e. The normalized spacial score (nSPS) is 10.9. The van der Waals surface area contributed by atoms with Gasteiger partial charge in [-0.05, 0) is 30.7 Å². The van der Waals surface area contributed by atoms with Crippen LogP contribution < -0.4 is 10.1 Å². The Balaban J connectivity index is 1.75. The molecule has 0 aliphatic heterocycles. The van der Waals surface area contributed by atoms with Gasteiger partial charge in [-0.25, -0.2) is 9.37 Å². The van der Waals surface area contributed by atoms with E-state index in [1.54, 1.807) is 56.0 Å². The lowest BCUT2D eigenvalue weighted by Crippen LogP contribution is -2.24. The van der Waals surface area contributed by atoms with Crippen LogP contribution in [-0.2, 0) is 6.54 Å². The van der Waals surface area contributed by atoms with Crippen LogP contribution in [0.25, 0.3) is 10.9 Å². The van der Waals surface area contributed by atoms with Crippen molar-refractivity contribution in [2.24, 2.45) is 0 Å². The SMILES string of the molecule is COc1cc(C(=O)Nc2c(C(=O)N(C)C)nn(Cc3ccc(F)cc3)c2C)c2ccccc2n1. The van der Waals surface area contributed by atoms with Crippen molar-refractivity contribution >= 4 is 28.4 Å². The van der Waals surface area contributed by atoms with Gasteiger partial charge < -0.3 is 15.0 Å². The fourth-order valence-electron chi connectivity index (χ4n) is 3.60. The third-order valence-corrected chi connectivity index (χ3v) is 5.45. The number of pyridine rings is 1. The maximum absolute atomic E-state index is 13.4. The highest BCUT2D eigenvalue weighted by atomic mass is 19.1. The number of benzene rings is 2. The van der Waals surface area contributed by atoms with Crippen LogP contribution in [0.1, 0.15) is 32.1 Å². The highest BCUT2D eigenvalue weighted by Gasteiger charge is 2.25. The fourth-order valence-corrected chi connectivity index (χ4v) is 3.60. The first-order chi connectivity index (χ1) is 16.3. The van der Waals surface area contributed by atoms with E-state index in [4.69, 9.17) is 4.74 Å². The molecule has 0 aliphatic carbocycles. The topological polar surface area (TPSA) is 89.4 Å². The van der Waals surface area contributed by atoms with E-state index in [-0.39, 0.29) is 17.4 Å². The second-order valence-electron chi connectivity index (χ2n) is 7.98. The number of methoxy groups -OCH3 is 1. The largest absolute Gasteiger partial charge is 0.481 e. The van der Waals surface area contributed by atoms with Gasteiger partial charge >= 0.3 is 0 Å². The highest BCUT2D eigenvalue weighted by Crippen LogP contribution is 2.26. The zero-order valence-corrected chi connectivity index (χ0v) is 19.3. The minimum atomic E-state index is -0.422. The van der Waals surface area contributed by atoms with E-state index in [1.165, 1.54) is 24.1 Å². The third kappa shape index (κ3) is 4.45. The summed E-state index contributed by atoms with van der Waals surface area (Å²) >= 11 is 0. The first-order valence-electron chi connectivity index (χ1n) is 10.6. The van der Waals surface area contributed by atoms with Gasteiger partial charge in [0, 0.05) is 25.5 Å². The predicted octanol–water partition coefficient (Wildman–Crippen LogP) is 3.89. The van der Waals surface area contributed by atoms with E-state index in [0.29, 0.717) is 40.3 Å². The fraction of sp³-hybridized carbons (Fsp3) is 0.200. The van der Waals surface area contributed by atoms with Crippen LogP contribution in [0.3, 0.4) is 0 Å². The summed E-state index contributed by atoms with van der Waals surface area (Å²) in [6, 6.07) is 14.8. The van der Waals surface area contributed by atoms with Gasteiger partial charge in [0.25, 0.3) is 11.8 Å². The molecule has 2 aromatic carbocycles. The number of nitrogens with zero attached hydrogens (tertiary/aromatic N) is 4. The molecule has 0 saturated heterocycles. The Morgan fingerprint density at radius 1 is 1.12 bits per heavy atom. The van der Waals surface area contributed by atoms with Crippen LogP contribution in [0.4, 0.5) is 10.1 Å². The Hall–Kier alpha value is -4.27. The number of amides is 2. The number of hydrogen-bond donors (Lipinski definition) is 1. The van der Waals surface area contributed by atoms with Crippen LogP contribution in [0, 0.1) is 12.7 Å². The lowest BCUT2D eigenvalue weighted by atomic mass is 10.1. The molecule has 8 nitrogen and oxygen atoms in total. The van der Waals surface area contributed by atoms with Crippen LogP contribution in [0.15, 0.2) is 54.6 Å². The molecule has 4 aromatic rings. The number of aromatic nitrogens is 3. The summed E-state index contributed by atoms with van der Waals surface area (Å²) in [6.45, 7) is 2.07. The van der Waals surface area contributed by atoms with Gasteiger partial charge in [0.05, 0.1) is 36.1 Å². The molecule has 9 heteroatoms. The average Bonchev–Trinajstić information content (AvgIpc) is 3.13. The molecular formula is C25H24FN5O3. The number of carbonyl (C=O) groups excluding carboxylic acids is 2. The maximum Gasteiger partial charge on any atom is 0.276 e. The second-order valence-corrected chi connectivity index (χ2v) is 7.98. The number of hydrogen-bond acceptors (Lipinski definition) is 5. The molecule has 0 atom stereocenters. The average molecular weight is 461 g/mol. The van der Waals surface area contributed by atoms with Gasteiger partial charge in [-0.3, -0.25) is 14.3 Å². The summed E-state index contributed by atoms with van der Waals surface area (Å²) in [4.78, 5) is 32.1. The summed E-state index contributed by atoms with van der Waals surface area (Å²) < 4.78 is 20.2. The van der Waals surface area contributed by atoms with Crippen molar-refractivity contribution in [3.63, 3.8) is 0 Å². The Morgan fingerprint density at radius 3 is 2.50 bits per heavy atom. The van der Waals surface area contributed by atoms with E-state index >= 15 is 0 Å². The lowest BCUT2D eigenvalue weighted by Gasteiger charge is -2.12. The molecule has 2 aromatic heterocycles. The van der Waals surface area contributed by atoms with Crippen LogP contribution in [-0.4, -0.2) is 52.7 Å². The molecular weight excluding hydrogens is 437 g/mol. The van der Waals surface area contributed by atoms with Gasteiger partial charge in [-0.1, -0.05) is 30.3 Å². The molecule has 0 fully saturated rings. The van der Waals surface area contributed by atoms with Gasteiger partial charge in [0.1, 0.15) is 5.82 Å². The summed E-state index contributed by atoms with van der Waals surface area (Å²) in [6.07, 6.45) is 0. The lowest BCUT2D eigenvalue weighted by molar-refractivity contribution is 0.0822. The summed E-state index contributed by atoms with van der Waals surface area (Å²) in [5, 5.41) is 8.00. The van der Waals surface area contributed by atoms with Crippen molar-refractivity contribution in [1.29, 1.82) is 0 Å². The minimum absolute atomic E-state index is 0.114. The zero-order chi connectivity index (χ0) is 24.4. The molecule has 4 rings (SSSR count). The third-order valence-electron chi connectivity index (χ3n) is 5.45. The number of carbonyl (C=O) groups is 2. The molecule has 0 bridgehead atoms. The van der Waals surface area contributed by atoms with Crippen LogP contribution in [0.2, 0.25) is 0 Å². The van der Waals surface area contributed by atoms with Crippen molar-refractivity contribution in [3.8, 4) is 5.88 Å². The summed E-state index contributed by atoms with van der Waals surface area (Å²) in [5.41, 5.74) is 2.79. The van der Waals surface area contributed by atoms with E-state index in [2.05, 4.69) is 15.4 Å². The van der Waals surface area contributed by atoms with Gasteiger partial charge in [0.2, 0.25) is 5.88 Å². The number of para-hydroxylation sites is 1. The molecule has 34 heavy (non-hydrogen) atoms. The molecule has 0 spiro atoms. The zero-order valence-electron chi connectivity index (χ0n) is 19.3. The number of halogens is 1. The van der Waals surface area contributed by atoms with Crippen molar-refractivity contribution in [2.45, 2.75) is 13.5 Å².